The number of aliphatic imine (C=N–C) groups is 1. The molecule has 0 bridgehead atoms. The largest absolute Gasteiger partial charge is 0.294 e. The fourth-order valence-corrected chi connectivity index (χ4v) is 1.34. The highest BCUT2D eigenvalue weighted by atomic mass is 14.7. The summed E-state index contributed by atoms with van der Waals surface area (Å²) < 4.78 is 0. The van der Waals surface area contributed by atoms with Crippen LogP contribution in [0, 0.1) is 0 Å². The van der Waals surface area contributed by atoms with E-state index in [0.29, 0.717) is 0 Å². The van der Waals surface area contributed by atoms with E-state index in [0.717, 1.165) is 6.54 Å². The first-order valence-corrected chi connectivity index (χ1v) is 5.81. The Balaban J connectivity index is 3.29. The summed E-state index contributed by atoms with van der Waals surface area (Å²) in [6.45, 7) is 7.69. The van der Waals surface area contributed by atoms with Gasteiger partial charge in [-0.3, -0.25) is 4.99 Å². The molecule has 0 saturated heterocycles. The highest BCUT2D eigenvalue weighted by Crippen LogP contribution is 2.01. The van der Waals surface area contributed by atoms with E-state index in [2.05, 4.69) is 25.8 Å². The van der Waals surface area contributed by atoms with Gasteiger partial charge in [-0.05, 0) is 26.2 Å². The molecule has 1 nitrogen and oxygen atoms in total. The molecule has 0 heterocycles. The molecule has 0 atom stereocenters. The second-order valence-electron chi connectivity index (χ2n) is 3.78. The lowest BCUT2D eigenvalue weighted by molar-refractivity contribution is 0.717. The van der Waals surface area contributed by atoms with Gasteiger partial charge in [0.05, 0.1) is 0 Å². The average Bonchev–Trinajstić information content (AvgIpc) is 2.13. The number of hydrogen-bond acceptors (Lipinski definition) is 1. The van der Waals surface area contributed by atoms with E-state index in [4.69, 9.17) is 0 Å². The molecule has 0 rings (SSSR count). The van der Waals surface area contributed by atoms with Crippen molar-refractivity contribution in [2.75, 3.05) is 6.54 Å². The fraction of sp³-hybridized carbons (Fsp3) is 0.917. The van der Waals surface area contributed by atoms with Crippen LogP contribution in [0.4, 0.5) is 0 Å². The first-order chi connectivity index (χ1) is 6.31. The molecule has 0 aliphatic rings. The Bertz CT molecular complexity index is 127. The Morgan fingerprint density at radius 1 is 0.923 bits per heavy atom. The van der Waals surface area contributed by atoms with Crippen molar-refractivity contribution in [1.29, 1.82) is 0 Å². The summed E-state index contributed by atoms with van der Waals surface area (Å²) in [6.07, 6.45) is 9.07. The van der Waals surface area contributed by atoms with Crippen LogP contribution < -0.4 is 0 Å². The van der Waals surface area contributed by atoms with Crippen LogP contribution in [0.2, 0.25) is 0 Å². The van der Waals surface area contributed by atoms with Gasteiger partial charge in [-0.15, -0.1) is 0 Å². The number of hydrogen-bond donors (Lipinski definition) is 0. The average molecular weight is 183 g/mol. The van der Waals surface area contributed by atoms with Gasteiger partial charge < -0.3 is 0 Å². The predicted molar refractivity (Wildman–Crippen MR) is 61.6 cm³/mol. The van der Waals surface area contributed by atoms with Crippen LogP contribution in [0.3, 0.4) is 0 Å². The highest BCUT2D eigenvalue weighted by Gasteiger charge is 1.91. The summed E-state index contributed by atoms with van der Waals surface area (Å²) in [4.78, 5) is 4.55. The quantitative estimate of drug-likeness (QED) is 0.395. The van der Waals surface area contributed by atoms with E-state index in [1.807, 2.05) is 0 Å². The molecule has 0 unspecified atom stereocenters. The maximum Gasteiger partial charge on any atom is 0.0388 e. The van der Waals surface area contributed by atoms with Gasteiger partial charge in [0.15, 0.2) is 0 Å². The normalized spacial score (nSPS) is 12.1. The van der Waals surface area contributed by atoms with E-state index in [-0.39, 0.29) is 0 Å². The maximum atomic E-state index is 4.55. The van der Waals surface area contributed by atoms with Gasteiger partial charge in [-0.2, -0.15) is 0 Å². The molecule has 0 saturated carbocycles. The second-order valence-corrected chi connectivity index (χ2v) is 3.78. The van der Waals surface area contributed by atoms with Gasteiger partial charge in [0.1, 0.15) is 0 Å². The standard InChI is InChI=1S/C12H25N/c1-4-6-8-10-12(3)13-11-9-7-5-2/h4-11H2,1-3H3. The summed E-state index contributed by atoms with van der Waals surface area (Å²) in [5, 5.41) is 0. The van der Waals surface area contributed by atoms with Crippen LogP contribution in [-0.4, -0.2) is 12.3 Å². The van der Waals surface area contributed by atoms with Gasteiger partial charge in [-0.1, -0.05) is 39.5 Å². The molecule has 0 fully saturated rings. The second kappa shape index (κ2) is 9.76. The minimum atomic E-state index is 1.05. The molecule has 0 aromatic heterocycles. The monoisotopic (exact) mass is 183 g/mol. The van der Waals surface area contributed by atoms with Crippen molar-refractivity contribution in [3.8, 4) is 0 Å². The summed E-state index contributed by atoms with van der Waals surface area (Å²) in [7, 11) is 0. The van der Waals surface area contributed by atoms with E-state index in [1.165, 1.54) is 50.7 Å². The fourth-order valence-electron chi connectivity index (χ4n) is 1.34. The Hall–Kier alpha value is -0.330. The van der Waals surface area contributed by atoms with Gasteiger partial charge >= 0.3 is 0 Å². The zero-order valence-electron chi connectivity index (χ0n) is 9.60. The van der Waals surface area contributed by atoms with Crippen LogP contribution in [0.15, 0.2) is 4.99 Å². The summed E-state index contributed by atoms with van der Waals surface area (Å²) >= 11 is 0. The molecule has 0 aromatic rings. The molecule has 0 spiro atoms. The summed E-state index contributed by atoms with van der Waals surface area (Å²) in [5.74, 6) is 0. The van der Waals surface area contributed by atoms with Crippen molar-refractivity contribution in [1.82, 2.24) is 0 Å². The zero-order valence-corrected chi connectivity index (χ0v) is 9.60. The lowest BCUT2D eigenvalue weighted by atomic mass is 10.1. The predicted octanol–water partition coefficient (Wildman–Crippen LogP) is 4.22. The van der Waals surface area contributed by atoms with Crippen LogP contribution in [0.5, 0.6) is 0 Å². The third kappa shape index (κ3) is 9.59. The lowest BCUT2D eigenvalue weighted by Crippen LogP contribution is -1.93. The SMILES string of the molecule is CCCCCN=C(C)CCCCC. The Labute approximate surface area is 83.6 Å². The van der Waals surface area contributed by atoms with Crippen LogP contribution >= 0.6 is 0 Å². The molecule has 0 radical (unpaired) electrons. The lowest BCUT2D eigenvalue weighted by Gasteiger charge is -1.99. The van der Waals surface area contributed by atoms with Gasteiger partial charge in [-0.25, -0.2) is 0 Å². The first-order valence-electron chi connectivity index (χ1n) is 5.81. The Morgan fingerprint density at radius 3 is 2.15 bits per heavy atom. The van der Waals surface area contributed by atoms with E-state index >= 15 is 0 Å². The number of unbranched alkanes of at least 4 members (excludes halogenated alkanes) is 4. The van der Waals surface area contributed by atoms with Gasteiger partial charge in [0.2, 0.25) is 0 Å². The van der Waals surface area contributed by atoms with Crippen molar-refractivity contribution in [3.63, 3.8) is 0 Å². The molecule has 0 aromatic carbocycles. The topological polar surface area (TPSA) is 12.4 Å². The van der Waals surface area contributed by atoms with Gasteiger partial charge in [0, 0.05) is 12.3 Å². The van der Waals surface area contributed by atoms with E-state index in [1.54, 1.807) is 0 Å². The first kappa shape index (κ1) is 12.7. The Kier molecular flexibility index (Phi) is 9.51. The molecular weight excluding hydrogens is 158 g/mol. The minimum absolute atomic E-state index is 1.05. The number of rotatable bonds is 8. The van der Waals surface area contributed by atoms with Crippen molar-refractivity contribution in [3.05, 3.63) is 0 Å². The molecule has 0 aliphatic carbocycles. The summed E-state index contributed by atoms with van der Waals surface area (Å²) in [5.41, 5.74) is 1.35. The van der Waals surface area contributed by atoms with Crippen LogP contribution in [-0.2, 0) is 0 Å². The summed E-state index contributed by atoms with van der Waals surface area (Å²) in [6, 6.07) is 0. The number of nitrogens with zero attached hydrogens (tertiary/aromatic N) is 1. The van der Waals surface area contributed by atoms with Crippen molar-refractivity contribution in [2.24, 2.45) is 4.99 Å². The molecule has 13 heavy (non-hydrogen) atoms. The van der Waals surface area contributed by atoms with Crippen molar-refractivity contribution < 1.29 is 0 Å². The molecular formula is C12H25N. The van der Waals surface area contributed by atoms with E-state index < -0.39 is 0 Å². The molecule has 0 amide bonds. The molecule has 1 heteroatoms. The smallest absolute Gasteiger partial charge is 0.0388 e. The third-order valence-electron chi connectivity index (χ3n) is 2.29. The Morgan fingerprint density at radius 2 is 1.54 bits per heavy atom. The van der Waals surface area contributed by atoms with Crippen molar-refractivity contribution in [2.45, 2.75) is 65.7 Å². The molecule has 0 N–H and O–H groups in total. The van der Waals surface area contributed by atoms with E-state index in [9.17, 15) is 0 Å². The maximum absolute atomic E-state index is 4.55. The molecule has 0 aliphatic heterocycles. The van der Waals surface area contributed by atoms with Crippen molar-refractivity contribution >= 4 is 5.71 Å². The highest BCUT2D eigenvalue weighted by molar-refractivity contribution is 5.81. The minimum Gasteiger partial charge on any atom is -0.294 e. The van der Waals surface area contributed by atoms with Crippen LogP contribution in [0.25, 0.3) is 0 Å². The van der Waals surface area contributed by atoms with Crippen LogP contribution in [0.1, 0.15) is 65.7 Å². The zero-order chi connectivity index (χ0) is 9.94. The van der Waals surface area contributed by atoms with Gasteiger partial charge in [0.25, 0.3) is 0 Å². The molecule has 78 valence electrons. The third-order valence-corrected chi connectivity index (χ3v) is 2.29.